The molecule has 0 N–H and O–H groups in total. The number of nitrogens with zero attached hydrogens (tertiary/aromatic N) is 2. The fourth-order valence-electron chi connectivity index (χ4n) is 3.59. The zero-order valence-corrected chi connectivity index (χ0v) is 15.0. The topological polar surface area (TPSA) is 32.8 Å². The van der Waals surface area contributed by atoms with Crippen molar-refractivity contribution < 1.29 is 9.53 Å². The van der Waals surface area contributed by atoms with Gasteiger partial charge in [0, 0.05) is 18.3 Å². The Morgan fingerprint density at radius 2 is 1.88 bits per heavy atom. The van der Waals surface area contributed by atoms with Crippen molar-refractivity contribution in [1.82, 2.24) is 4.90 Å². The Labute approximate surface area is 150 Å². The molecule has 0 aliphatic carbocycles. The molecule has 0 spiro atoms. The lowest BCUT2D eigenvalue weighted by Gasteiger charge is -2.28. The van der Waals surface area contributed by atoms with Crippen LogP contribution < -0.4 is 9.64 Å². The fourth-order valence-corrected chi connectivity index (χ4v) is 3.59. The van der Waals surface area contributed by atoms with Crippen molar-refractivity contribution in [3.05, 3.63) is 60.2 Å². The zero-order chi connectivity index (χ0) is 17.6. The molecule has 1 fully saturated rings. The molecule has 4 nitrogen and oxygen atoms in total. The van der Waals surface area contributed by atoms with Gasteiger partial charge >= 0.3 is 0 Å². The van der Waals surface area contributed by atoms with E-state index in [2.05, 4.69) is 17.0 Å². The first-order valence-corrected chi connectivity index (χ1v) is 8.96. The summed E-state index contributed by atoms with van der Waals surface area (Å²) in [5.74, 6) is 1.03. The Morgan fingerprint density at radius 1 is 1.16 bits per heavy atom. The van der Waals surface area contributed by atoms with Crippen LogP contribution in [0.2, 0.25) is 0 Å². The predicted octanol–water partition coefficient (Wildman–Crippen LogP) is 3.89. The van der Waals surface area contributed by atoms with Crippen LogP contribution in [0.15, 0.2) is 54.6 Å². The van der Waals surface area contributed by atoms with Crippen molar-refractivity contribution in [1.29, 1.82) is 0 Å². The smallest absolute Gasteiger partial charge is 0.241 e. The van der Waals surface area contributed by atoms with E-state index in [1.807, 2.05) is 54.3 Å². The molecule has 0 aromatic heterocycles. The Morgan fingerprint density at radius 3 is 2.52 bits per heavy atom. The summed E-state index contributed by atoms with van der Waals surface area (Å²) in [6, 6.07) is 18.4. The molecule has 1 saturated heterocycles. The number of likely N-dealkylation sites (N-methyl/N-ethyl adjacent to an activating group) is 1. The van der Waals surface area contributed by atoms with Gasteiger partial charge in [-0.3, -0.25) is 9.69 Å². The van der Waals surface area contributed by atoms with Gasteiger partial charge in [0.1, 0.15) is 5.75 Å². The third-order valence-electron chi connectivity index (χ3n) is 4.89. The molecule has 0 radical (unpaired) electrons. The van der Waals surface area contributed by atoms with Crippen LogP contribution in [0, 0.1) is 0 Å². The van der Waals surface area contributed by atoms with Gasteiger partial charge in [-0.25, -0.2) is 0 Å². The third-order valence-corrected chi connectivity index (χ3v) is 4.89. The number of carbonyl (C=O) groups excluding carboxylic acids is 1. The van der Waals surface area contributed by atoms with Gasteiger partial charge < -0.3 is 9.64 Å². The second-order valence-electron chi connectivity index (χ2n) is 6.38. The first kappa shape index (κ1) is 17.5. The standard InChI is InChI=1S/C21H26N2O2/c1-3-23(18-8-5-4-6-9-18)21(24)16-22-15-7-10-20(22)17-11-13-19(25-2)14-12-17/h4-6,8-9,11-14,20H,3,7,10,15-16H2,1-2H3/t20-/m1/s1. The number of para-hydroxylation sites is 1. The Kier molecular flexibility index (Phi) is 5.71. The normalized spacial score (nSPS) is 17.4. The minimum atomic E-state index is 0.161. The predicted molar refractivity (Wildman–Crippen MR) is 101 cm³/mol. The van der Waals surface area contributed by atoms with Crippen LogP contribution in [0.4, 0.5) is 5.69 Å². The number of hydrogen-bond acceptors (Lipinski definition) is 3. The number of carbonyl (C=O) groups is 1. The van der Waals surface area contributed by atoms with Crippen molar-refractivity contribution in [3.8, 4) is 5.75 Å². The summed E-state index contributed by atoms with van der Waals surface area (Å²) in [6.45, 7) is 4.13. The van der Waals surface area contributed by atoms with Crippen molar-refractivity contribution in [3.63, 3.8) is 0 Å². The molecule has 0 bridgehead atoms. The highest BCUT2D eigenvalue weighted by Crippen LogP contribution is 2.32. The van der Waals surface area contributed by atoms with Gasteiger partial charge in [0.05, 0.1) is 13.7 Å². The number of anilines is 1. The van der Waals surface area contributed by atoms with Crippen molar-refractivity contribution in [2.24, 2.45) is 0 Å². The number of methoxy groups -OCH3 is 1. The Bertz CT molecular complexity index is 685. The lowest BCUT2D eigenvalue weighted by molar-refractivity contribution is -0.119. The number of benzene rings is 2. The lowest BCUT2D eigenvalue weighted by Crippen LogP contribution is -2.40. The molecule has 0 saturated carbocycles. The minimum Gasteiger partial charge on any atom is -0.497 e. The molecule has 1 atom stereocenters. The summed E-state index contributed by atoms with van der Waals surface area (Å²) in [5.41, 5.74) is 2.23. The van der Waals surface area contributed by atoms with E-state index in [-0.39, 0.29) is 5.91 Å². The Hall–Kier alpha value is -2.33. The third kappa shape index (κ3) is 4.02. The van der Waals surface area contributed by atoms with E-state index >= 15 is 0 Å². The SMILES string of the molecule is CCN(C(=O)CN1CCC[C@@H]1c1ccc(OC)cc1)c1ccccc1. The molecule has 25 heavy (non-hydrogen) atoms. The van der Waals surface area contributed by atoms with Gasteiger partial charge in [0.15, 0.2) is 0 Å². The van der Waals surface area contributed by atoms with Crippen LogP contribution in [0.3, 0.4) is 0 Å². The van der Waals surface area contributed by atoms with Crippen LogP contribution in [-0.2, 0) is 4.79 Å². The van der Waals surface area contributed by atoms with E-state index in [1.165, 1.54) is 5.56 Å². The quantitative estimate of drug-likeness (QED) is 0.801. The molecule has 1 amide bonds. The highest BCUT2D eigenvalue weighted by molar-refractivity contribution is 5.94. The van der Waals surface area contributed by atoms with Crippen molar-refractivity contribution >= 4 is 11.6 Å². The summed E-state index contributed by atoms with van der Waals surface area (Å²) in [6.07, 6.45) is 2.22. The molecule has 3 rings (SSSR count). The fraction of sp³-hybridized carbons (Fsp3) is 0.381. The molecule has 1 heterocycles. The van der Waals surface area contributed by atoms with E-state index < -0.39 is 0 Å². The first-order valence-electron chi connectivity index (χ1n) is 8.96. The molecule has 1 aliphatic heterocycles. The largest absolute Gasteiger partial charge is 0.497 e. The van der Waals surface area contributed by atoms with Gasteiger partial charge in [-0.05, 0) is 56.1 Å². The van der Waals surface area contributed by atoms with Gasteiger partial charge in [0.2, 0.25) is 5.91 Å². The van der Waals surface area contributed by atoms with Crippen molar-refractivity contribution in [2.45, 2.75) is 25.8 Å². The van der Waals surface area contributed by atoms with E-state index in [1.54, 1.807) is 7.11 Å². The van der Waals surface area contributed by atoms with E-state index in [9.17, 15) is 4.79 Å². The van der Waals surface area contributed by atoms with E-state index in [0.29, 0.717) is 19.1 Å². The maximum atomic E-state index is 12.9. The highest BCUT2D eigenvalue weighted by Gasteiger charge is 2.29. The summed E-state index contributed by atoms with van der Waals surface area (Å²) >= 11 is 0. The number of hydrogen-bond donors (Lipinski definition) is 0. The molecular weight excluding hydrogens is 312 g/mol. The molecule has 2 aromatic rings. The monoisotopic (exact) mass is 338 g/mol. The number of ether oxygens (including phenoxy) is 1. The molecule has 2 aromatic carbocycles. The second kappa shape index (κ2) is 8.17. The number of rotatable bonds is 6. The number of likely N-dealkylation sites (tertiary alicyclic amines) is 1. The lowest BCUT2D eigenvalue weighted by atomic mass is 10.0. The van der Waals surface area contributed by atoms with Gasteiger partial charge in [-0.1, -0.05) is 30.3 Å². The molecule has 132 valence electrons. The average Bonchev–Trinajstić information content (AvgIpc) is 3.11. The molecular formula is C21H26N2O2. The van der Waals surface area contributed by atoms with Crippen LogP contribution in [0.25, 0.3) is 0 Å². The van der Waals surface area contributed by atoms with E-state index in [4.69, 9.17) is 4.74 Å². The maximum Gasteiger partial charge on any atom is 0.241 e. The first-order chi connectivity index (χ1) is 12.2. The average molecular weight is 338 g/mol. The van der Waals surface area contributed by atoms with Crippen LogP contribution in [-0.4, -0.2) is 37.6 Å². The van der Waals surface area contributed by atoms with Crippen LogP contribution >= 0.6 is 0 Å². The van der Waals surface area contributed by atoms with Crippen molar-refractivity contribution in [2.75, 3.05) is 31.6 Å². The highest BCUT2D eigenvalue weighted by atomic mass is 16.5. The molecule has 4 heteroatoms. The summed E-state index contributed by atoms with van der Waals surface area (Å²) in [5, 5.41) is 0. The number of amides is 1. The summed E-state index contributed by atoms with van der Waals surface area (Å²) in [4.78, 5) is 17.0. The maximum absolute atomic E-state index is 12.9. The molecule has 1 aliphatic rings. The van der Waals surface area contributed by atoms with Gasteiger partial charge in [-0.2, -0.15) is 0 Å². The summed E-state index contributed by atoms with van der Waals surface area (Å²) < 4.78 is 5.24. The van der Waals surface area contributed by atoms with Gasteiger partial charge in [0.25, 0.3) is 0 Å². The zero-order valence-electron chi connectivity index (χ0n) is 15.0. The minimum absolute atomic E-state index is 0.161. The van der Waals surface area contributed by atoms with Crippen LogP contribution in [0.1, 0.15) is 31.4 Å². The van der Waals surface area contributed by atoms with Gasteiger partial charge in [-0.15, -0.1) is 0 Å². The summed E-state index contributed by atoms with van der Waals surface area (Å²) in [7, 11) is 1.68. The molecule has 0 unspecified atom stereocenters. The second-order valence-corrected chi connectivity index (χ2v) is 6.38. The van der Waals surface area contributed by atoms with E-state index in [0.717, 1.165) is 30.8 Å². The van der Waals surface area contributed by atoms with Crippen LogP contribution in [0.5, 0.6) is 5.75 Å². The Balaban J connectivity index is 1.70.